The Kier molecular flexibility index (Phi) is 3.46. The summed E-state index contributed by atoms with van der Waals surface area (Å²) in [6, 6.07) is 3.89. The zero-order chi connectivity index (χ0) is 17.1. The van der Waals surface area contributed by atoms with Crippen LogP contribution in [0.25, 0.3) is 0 Å². The summed E-state index contributed by atoms with van der Waals surface area (Å²) in [5.74, 6) is 0.148. The first-order chi connectivity index (χ1) is 11.4. The van der Waals surface area contributed by atoms with Gasteiger partial charge in [-0.1, -0.05) is 6.07 Å². The molecule has 2 amide bonds. The molecule has 3 fully saturated rings. The number of ether oxygens (including phenoxy) is 1. The maximum absolute atomic E-state index is 13.2. The molecule has 1 aromatic carbocycles. The molecule has 1 spiro atoms. The molecular formula is C19H24N2O3. The number of aryl methyl sites for hydroxylation is 3. The van der Waals surface area contributed by atoms with Gasteiger partial charge in [0.2, 0.25) is 5.91 Å². The Hall–Kier alpha value is -1.88. The molecule has 0 saturated carbocycles. The molecule has 4 rings (SSSR count). The van der Waals surface area contributed by atoms with Crippen LogP contribution in [0.5, 0.6) is 0 Å². The van der Waals surface area contributed by atoms with Crippen LogP contribution in [-0.4, -0.2) is 53.1 Å². The number of benzene rings is 1. The Morgan fingerprint density at radius 1 is 1.17 bits per heavy atom. The Labute approximate surface area is 142 Å². The SMILES string of the molecule is Cc1cc(C)c(C(=O)N2CC[C@@]34OCCCN3C(=O)C[C@@H]24)cc1C. The topological polar surface area (TPSA) is 49.9 Å². The highest BCUT2D eigenvalue weighted by Crippen LogP contribution is 2.45. The van der Waals surface area contributed by atoms with Crippen molar-refractivity contribution in [2.24, 2.45) is 0 Å². The average molecular weight is 328 g/mol. The second-order valence-corrected chi connectivity index (χ2v) is 7.31. The molecule has 0 aromatic heterocycles. The lowest BCUT2D eigenvalue weighted by molar-refractivity contribution is -0.179. The first-order valence-corrected chi connectivity index (χ1v) is 8.77. The summed E-state index contributed by atoms with van der Waals surface area (Å²) in [6.07, 6.45) is 1.99. The quantitative estimate of drug-likeness (QED) is 0.794. The van der Waals surface area contributed by atoms with Crippen molar-refractivity contribution in [3.8, 4) is 0 Å². The van der Waals surface area contributed by atoms with E-state index in [1.165, 1.54) is 5.56 Å². The third-order valence-electron chi connectivity index (χ3n) is 5.94. The van der Waals surface area contributed by atoms with Crippen molar-refractivity contribution in [1.82, 2.24) is 9.80 Å². The molecule has 0 unspecified atom stereocenters. The number of hydrogen-bond donors (Lipinski definition) is 0. The van der Waals surface area contributed by atoms with Crippen LogP contribution in [0.2, 0.25) is 0 Å². The second kappa shape index (κ2) is 5.31. The number of likely N-dealkylation sites (tertiary alicyclic amines) is 1. The maximum atomic E-state index is 13.2. The predicted molar refractivity (Wildman–Crippen MR) is 89.7 cm³/mol. The van der Waals surface area contributed by atoms with Crippen molar-refractivity contribution < 1.29 is 14.3 Å². The van der Waals surface area contributed by atoms with Gasteiger partial charge in [0.1, 0.15) is 0 Å². The van der Waals surface area contributed by atoms with Crippen LogP contribution in [0.3, 0.4) is 0 Å². The van der Waals surface area contributed by atoms with Crippen molar-refractivity contribution in [2.45, 2.75) is 51.8 Å². The van der Waals surface area contributed by atoms with Gasteiger partial charge in [-0.2, -0.15) is 0 Å². The molecule has 3 aliphatic rings. The Morgan fingerprint density at radius 2 is 1.92 bits per heavy atom. The molecule has 5 heteroatoms. The molecule has 0 bridgehead atoms. The van der Waals surface area contributed by atoms with E-state index in [-0.39, 0.29) is 17.9 Å². The first kappa shape index (κ1) is 15.6. The van der Waals surface area contributed by atoms with Crippen LogP contribution >= 0.6 is 0 Å². The molecule has 2 atom stereocenters. The van der Waals surface area contributed by atoms with Gasteiger partial charge in [0.05, 0.1) is 19.1 Å². The summed E-state index contributed by atoms with van der Waals surface area (Å²) < 4.78 is 6.08. The van der Waals surface area contributed by atoms with Gasteiger partial charge in [-0.25, -0.2) is 0 Å². The van der Waals surface area contributed by atoms with E-state index in [2.05, 4.69) is 13.0 Å². The number of amides is 2. The van der Waals surface area contributed by atoms with Crippen LogP contribution in [0.4, 0.5) is 0 Å². The van der Waals surface area contributed by atoms with E-state index in [9.17, 15) is 9.59 Å². The average Bonchev–Trinajstić information content (AvgIpc) is 3.03. The normalized spacial score (nSPS) is 29.0. The molecule has 5 nitrogen and oxygen atoms in total. The van der Waals surface area contributed by atoms with Gasteiger partial charge in [-0.3, -0.25) is 9.59 Å². The summed E-state index contributed by atoms with van der Waals surface area (Å²) in [7, 11) is 0. The molecule has 3 heterocycles. The highest BCUT2D eigenvalue weighted by Gasteiger charge is 2.61. The van der Waals surface area contributed by atoms with Crippen molar-refractivity contribution in [3.63, 3.8) is 0 Å². The third kappa shape index (κ3) is 2.04. The van der Waals surface area contributed by atoms with Gasteiger partial charge in [-0.05, 0) is 49.9 Å². The zero-order valence-electron chi connectivity index (χ0n) is 14.6. The molecule has 0 aliphatic carbocycles. The zero-order valence-corrected chi connectivity index (χ0v) is 14.6. The van der Waals surface area contributed by atoms with E-state index in [0.717, 1.165) is 36.1 Å². The minimum absolute atomic E-state index is 0.0290. The summed E-state index contributed by atoms with van der Waals surface area (Å²) in [5.41, 5.74) is 3.49. The van der Waals surface area contributed by atoms with Crippen LogP contribution < -0.4 is 0 Å². The Balaban J connectivity index is 1.68. The molecule has 3 saturated heterocycles. The number of nitrogens with zero attached hydrogens (tertiary/aromatic N) is 2. The Bertz CT molecular complexity index is 730. The standard InChI is InChI=1S/C19H24N2O3/c1-12-9-14(3)15(10-13(12)2)18(23)20-7-5-19-16(20)11-17(22)21(19)6-4-8-24-19/h9-10,16H,4-8,11H2,1-3H3/t16-,19+/m1/s1. The number of carbonyl (C=O) groups is 2. The van der Waals surface area contributed by atoms with Crippen molar-refractivity contribution >= 4 is 11.8 Å². The van der Waals surface area contributed by atoms with Crippen LogP contribution in [0.15, 0.2) is 12.1 Å². The monoisotopic (exact) mass is 328 g/mol. The number of rotatable bonds is 1. The molecule has 1 aromatic rings. The molecule has 3 aliphatic heterocycles. The van der Waals surface area contributed by atoms with E-state index >= 15 is 0 Å². The van der Waals surface area contributed by atoms with Gasteiger partial charge in [0.15, 0.2) is 5.72 Å². The van der Waals surface area contributed by atoms with Gasteiger partial charge < -0.3 is 14.5 Å². The van der Waals surface area contributed by atoms with E-state index in [4.69, 9.17) is 4.74 Å². The summed E-state index contributed by atoms with van der Waals surface area (Å²) >= 11 is 0. The molecule has 0 N–H and O–H groups in total. The van der Waals surface area contributed by atoms with E-state index in [0.29, 0.717) is 19.6 Å². The smallest absolute Gasteiger partial charge is 0.254 e. The molecule has 128 valence electrons. The summed E-state index contributed by atoms with van der Waals surface area (Å²) in [5, 5.41) is 0. The fourth-order valence-electron chi connectivity index (χ4n) is 4.54. The van der Waals surface area contributed by atoms with Gasteiger partial charge >= 0.3 is 0 Å². The van der Waals surface area contributed by atoms with Crippen LogP contribution in [-0.2, 0) is 9.53 Å². The number of carbonyl (C=O) groups excluding carboxylic acids is 2. The van der Waals surface area contributed by atoms with E-state index in [1.807, 2.05) is 29.7 Å². The predicted octanol–water partition coefficient (Wildman–Crippen LogP) is 2.18. The van der Waals surface area contributed by atoms with Crippen molar-refractivity contribution in [3.05, 3.63) is 34.4 Å². The van der Waals surface area contributed by atoms with Gasteiger partial charge in [0.25, 0.3) is 5.91 Å². The third-order valence-corrected chi connectivity index (χ3v) is 5.94. The lowest BCUT2D eigenvalue weighted by Gasteiger charge is -2.42. The Morgan fingerprint density at radius 3 is 2.71 bits per heavy atom. The second-order valence-electron chi connectivity index (χ2n) is 7.31. The summed E-state index contributed by atoms with van der Waals surface area (Å²) in [6.45, 7) is 8.15. The molecule has 24 heavy (non-hydrogen) atoms. The highest BCUT2D eigenvalue weighted by atomic mass is 16.5. The lowest BCUT2D eigenvalue weighted by atomic mass is 9.99. The lowest BCUT2D eigenvalue weighted by Crippen LogP contribution is -2.56. The van der Waals surface area contributed by atoms with E-state index < -0.39 is 5.72 Å². The number of hydrogen-bond acceptors (Lipinski definition) is 3. The summed E-state index contributed by atoms with van der Waals surface area (Å²) in [4.78, 5) is 29.3. The van der Waals surface area contributed by atoms with Crippen LogP contribution in [0.1, 0.15) is 46.3 Å². The van der Waals surface area contributed by atoms with Crippen LogP contribution in [0, 0.1) is 20.8 Å². The highest BCUT2D eigenvalue weighted by molar-refractivity contribution is 5.97. The fraction of sp³-hybridized carbons (Fsp3) is 0.579. The minimum Gasteiger partial charge on any atom is -0.353 e. The minimum atomic E-state index is -0.571. The molecular weight excluding hydrogens is 304 g/mol. The fourth-order valence-corrected chi connectivity index (χ4v) is 4.54. The maximum Gasteiger partial charge on any atom is 0.254 e. The largest absolute Gasteiger partial charge is 0.353 e. The molecule has 0 radical (unpaired) electrons. The van der Waals surface area contributed by atoms with E-state index in [1.54, 1.807) is 0 Å². The van der Waals surface area contributed by atoms with Gasteiger partial charge in [0, 0.05) is 25.1 Å². The van der Waals surface area contributed by atoms with Crippen molar-refractivity contribution in [1.29, 1.82) is 0 Å². The first-order valence-electron chi connectivity index (χ1n) is 8.77. The van der Waals surface area contributed by atoms with Gasteiger partial charge in [-0.15, -0.1) is 0 Å². The van der Waals surface area contributed by atoms with Crippen molar-refractivity contribution in [2.75, 3.05) is 19.7 Å².